The third kappa shape index (κ3) is 4.19. The van der Waals surface area contributed by atoms with Gasteiger partial charge in [0.15, 0.2) is 11.5 Å². The van der Waals surface area contributed by atoms with Gasteiger partial charge in [-0.1, -0.05) is 30.3 Å². The summed E-state index contributed by atoms with van der Waals surface area (Å²) in [5, 5.41) is 8.50. The van der Waals surface area contributed by atoms with E-state index in [1.54, 1.807) is 7.11 Å². The summed E-state index contributed by atoms with van der Waals surface area (Å²) < 4.78 is 11.3. The van der Waals surface area contributed by atoms with Crippen molar-refractivity contribution < 1.29 is 9.47 Å². The number of benzene rings is 2. The van der Waals surface area contributed by atoms with E-state index in [0.29, 0.717) is 6.61 Å². The third-order valence-corrected chi connectivity index (χ3v) is 3.92. The molecule has 2 aromatic carbocycles. The van der Waals surface area contributed by atoms with Crippen molar-refractivity contribution in [1.82, 2.24) is 15.1 Å². The molecular formula is C20H23N3O2. The number of ether oxygens (including phenoxy) is 2. The normalized spacial score (nSPS) is 11.5. The maximum atomic E-state index is 5.79. The van der Waals surface area contributed by atoms with Gasteiger partial charge in [-0.25, -0.2) is 0 Å². The van der Waals surface area contributed by atoms with Crippen LogP contribution in [-0.4, -0.2) is 49.5 Å². The van der Waals surface area contributed by atoms with Crippen molar-refractivity contribution in [2.75, 3.05) is 34.4 Å². The Balaban J connectivity index is 1.76. The molecule has 5 nitrogen and oxygen atoms in total. The second-order valence-electron chi connectivity index (χ2n) is 6.05. The van der Waals surface area contributed by atoms with Gasteiger partial charge in [0.05, 0.1) is 18.3 Å². The van der Waals surface area contributed by atoms with Crippen LogP contribution in [-0.2, 0) is 0 Å². The molecule has 0 unspecified atom stereocenters. The fourth-order valence-corrected chi connectivity index (χ4v) is 2.53. The van der Waals surface area contributed by atoms with Crippen LogP contribution in [0.25, 0.3) is 23.1 Å². The van der Waals surface area contributed by atoms with Crippen LogP contribution in [0, 0.1) is 0 Å². The van der Waals surface area contributed by atoms with E-state index in [2.05, 4.69) is 21.2 Å². The number of H-pyrrole nitrogens is 1. The van der Waals surface area contributed by atoms with E-state index >= 15 is 0 Å². The second-order valence-corrected chi connectivity index (χ2v) is 6.05. The Morgan fingerprint density at radius 3 is 2.72 bits per heavy atom. The second kappa shape index (κ2) is 7.85. The highest BCUT2D eigenvalue weighted by Crippen LogP contribution is 2.29. The number of fused-ring (bicyclic) bond motifs is 1. The summed E-state index contributed by atoms with van der Waals surface area (Å²) in [7, 11) is 5.70. The highest BCUT2D eigenvalue weighted by atomic mass is 16.5. The molecule has 5 heteroatoms. The number of hydrogen-bond acceptors (Lipinski definition) is 4. The van der Waals surface area contributed by atoms with Gasteiger partial charge >= 0.3 is 0 Å². The average molecular weight is 337 g/mol. The van der Waals surface area contributed by atoms with E-state index in [4.69, 9.17) is 9.47 Å². The molecule has 0 amide bonds. The molecule has 0 spiro atoms. The first-order chi connectivity index (χ1) is 12.2. The lowest BCUT2D eigenvalue weighted by atomic mass is 10.1. The fourth-order valence-electron chi connectivity index (χ4n) is 2.53. The van der Waals surface area contributed by atoms with Crippen molar-refractivity contribution in [3.63, 3.8) is 0 Å². The minimum atomic E-state index is 0.623. The smallest absolute Gasteiger partial charge is 0.161 e. The zero-order chi connectivity index (χ0) is 17.6. The van der Waals surface area contributed by atoms with Crippen LogP contribution in [0.3, 0.4) is 0 Å². The quantitative estimate of drug-likeness (QED) is 0.714. The third-order valence-electron chi connectivity index (χ3n) is 3.92. The van der Waals surface area contributed by atoms with Gasteiger partial charge < -0.3 is 14.4 Å². The molecule has 0 aliphatic rings. The number of hydrogen-bond donors (Lipinski definition) is 1. The molecular weight excluding hydrogens is 314 g/mol. The van der Waals surface area contributed by atoms with E-state index in [1.807, 2.05) is 62.6 Å². The topological polar surface area (TPSA) is 50.4 Å². The van der Waals surface area contributed by atoms with Crippen LogP contribution < -0.4 is 9.47 Å². The molecule has 0 aliphatic carbocycles. The molecule has 1 heterocycles. The van der Waals surface area contributed by atoms with Crippen LogP contribution >= 0.6 is 0 Å². The first-order valence-corrected chi connectivity index (χ1v) is 8.24. The highest BCUT2D eigenvalue weighted by Gasteiger charge is 2.06. The molecule has 0 saturated heterocycles. The van der Waals surface area contributed by atoms with Crippen molar-refractivity contribution in [3.05, 3.63) is 53.7 Å². The predicted molar refractivity (Wildman–Crippen MR) is 102 cm³/mol. The Labute approximate surface area is 147 Å². The average Bonchev–Trinajstić information content (AvgIpc) is 3.03. The summed E-state index contributed by atoms with van der Waals surface area (Å²) in [4.78, 5) is 2.08. The summed E-state index contributed by atoms with van der Waals surface area (Å²) in [6.45, 7) is 1.48. The Bertz CT molecular complexity index is 868. The SMILES string of the molecule is COc1cc(C=Cc2n[nH]c3ccccc23)ccc1OCCN(C)C. The zero-order valence-corrected chi connectivity index (χ0v) is 14.8. The van der Waals surface area contributed by atoms with Crippen molar-refractivity contribution >= 4 is 23.1 Å². The monoisotopic (exact) mass is 337 g/mol. The van der Waals surface area contributed by atoms with E-state index < -0.39 is 0 Å². The zero-order valence-electron chi connectivity index (χ0n) is 14.8. The summed E-state index contributed by atoms with van der Waals surface area (Å²) >= 11 is 0. The maximum absolute atomic E-state index is 5.79. The predicted octanol–water partition coefficient (Wildman–Crippen LogP) is 3.68. The molecule has 3 aromatic rings. The van der Waals surface area contributed by atoms with Gasteiger partial charge in [-0.05, 0) is 43.9 Å². The number of nitrogens with one attached hydrogen (secondary N) is 1. The summed E-state index contributed by atoms with van der Waals surface area (Å²) in [5.41, 5.74) is 2.98. The van der Waals surface area contributed by atoms with Crippen molar-refractivity contribution in [1.29, 1.82) is 0 Å². The lowest BCUT2D eigenvalue weighted by Gasteiger charge is -2.13. The van der Waals surface area contributed by atoms with E-state index in [9.17, 15) is 0 Å². The van der Waals surface area contributed by atoms with Gasteiger partial charge in [0.1, 0.15) is 6.61 Å². The van der Waals surface area contributed by atoms with Gasteiger partial charge in [0, 0.05) is 11.9 Å². The van der Waals surface area contributed by atoms with Crippen LogP contribution in [0.1, 0.15) is 11.3 Å². The lowest BCUT2D eigenvalue weighted by Crippen LogP contribution is -2.19. The molecule has 0 saturated carbocycles. The molecule has 1 aromatic heterocycles. The van der Waals surface area contributed by atoms with E-state index in [1.165, 1.54) is 0 Å². The Hall–Kier alpha value is -2.79. The largest absolute Gasteiger partial charge is 0.493 e. The molecule has 0 fully saturated rings. The fraction of sp³-hybridized carbons (Fsp3) is 0.250. The van der Waals surface area contributed by atoms with Gasteiger partial charge in [-0.3, -0.25) is 5.10 Å². The number of methoxy groups -OCH3 is 1. The van der Waals surface area contributed by atoms with Crippen LogP contribution in [0.4, 0.5) is 0 Å². The highest BCUT2D eigenvalue weighted by molar-refractivity contribution is 5.89. The maximum Gasteiger partial charge on any atom is 0.161 e. The molecule has 25 heavy (non-hydrogen) atoms. The van der Waals surface area contributed by atoms with Crippen LogP contribution in [0.2, 0.25) is 0 Å². The Kier molecular flexibility index (Phi) is 5.36. The number of aromatic amines is 1. The van der Waals surface area contributed by atoms with E-state index in [-0.39, 0.29) is 0 Å². The van der Waals surface area contributed by atoms with E-state index in [0.717, 1.165) is 40.2 Å². The number of likely N-dealkylation sites (N-methyl/N-ethyl adjacent to an activating group) is 1. The van der Waals surface area contributed by atoms with Crippen molar-refractivity contribution in [2.45, 2.75) is 0 Å². The molecule has 0 aliphatic heterocycles. The Morgan fingerprint density at radius 1 is 1.08 bits per heavy atom. The number of rotatable bonds is 7. The molecule has 0 radical (unpaired) electrons. The van der Waals surface area contributed by atoms with Gasteiger partial charge in [-0.2, -0.15) is 5.10 Å². The van der Waals surface area contributed by atoms with Gasteiger partial charge in [0.2, 0.25) is 0 Å². The first-order valence-electron chi connectivity index (χ1n) is 8.24. The molecule has 0 atom stereocenters. The first kappa shape index (κ1) is 17.0. The molecule has 0 bridgehead atoms. The summed E-state index contributed by atoms with van der Waals surface area (Å²) in [6.07, 6.45) is 4.02. The lowest BCUT2D eigenvalue weighted by molar-refractivity contribution is 0.250. The standard InChI is InChI=1S/C20H23N3O2/c1-23(2)12-13-25-19-11-9-15(14-20(19)24-3)8-10-18-16-6-4-5-7-17(16)21-22-18/h4-11,14H,12-13H2,1-3H3,(H,21,22). The number of aromatic nitrogens is 2. The molecule has 130 valence electrons. The van der Waals surface area contributed by atoms with Crippen LogP contribution in [0.15, 0.2) is 42.5 Å². The molecule has 1 N–H and O–H groups in total. The van der Waals surface area contributed by atoms with Crippen molar-refractivity contribution in [3.8, 4) is 11.5 Å². The molecule has 3 rings (SSSR count). The minimum absolute atomic E-state index is 0.623. The number of nitrogens with zero attached hydrogens (tertiary/aromatic N) is 2. The summed E-state index contributed by atoms with van der Waals surface area (Å²) in [5.74, 6) is 1.49. The Morgan fingerprint density at radius 2 is 1.92 bits per heavy atom. The van der Waals surface area contributed by atoms with Gasteiger partial charge in [-0.15, -0.1) is 0 Å². The van der Waals surface area contributed by atoms with Crippen LogP contribution in [0.5, 0.6) is 11.5 Å². The van der Waals surface area contributed by atoms with Crippen molar-refractivity contribution in [2.24, 2.45) is 0 Å². The summed E-state index contributed by atoms with van der Waals surface area (Å²) in [6, 6.07) is 14.0. The minimum Gasteiger partial charge on any atom is -0.493 e. The number of para-hydroxylation sites is 1. The van der Waals surface area contributed by atoms with Gasteiger partial charge in [0.25, 0.3) is 0 Å².